The molecule has 1 rings (SSSR count). The Balaban J connectivity index is 2.95. The van der Waals surface area contributed by atoms with E-state index >= 15 is 0 Å². The lowest BCUT2D eigenvalue weighted by molar-refractivity contribution is -0.128. The van der Waals surface area contributed by atoms with Crippen LogP contribution in [0, 0.1) is 0 Å². The number of amides is 2. The van der Waals surface area contributed by atoms with E-state index in [4.69, 9.17) is 20.9 Å². The van der Waals surface area contributed by atoms with Crippen LogP contribution < -0.4 is 16.4 Å². The van der Waals surface area contributed by atoms with Crippen LogP contribution in [-0.4, -0.2) is 32.1 Å². The number of nitrogens with zero attached hydrogens (tertiary/aromatic N) is 1. The van der Waals surface area contributed by atoms with Gasteiger partial charge in [0.25, 0.3) is 0 Å². The number of hydrogen-bond donors (Lipinski definition) is 2. The smallest absolute Gasteiger partial charge is 0.319 e. The Morgan fingerprint density at radius 3 is 2.35 bits per heavy atom. The van der Waals surface area contributed by atoms with E-state index in [1.165, 1.54) is 4.90 Å². The van der Waals surface area contributed by atoms with Crippen LogP contribution in [0.2, 0.25) is 0 Å². The van der Waals surface area contributed by atoms with Gasteiger partial charge in [0.1, 0.15) is 0 Å². The molecule has 0 saturated heterocycles. The first kappa shape index (κ1) is 16.4. The fraction of sp³-hybridized carbons (Fsp3) is 0.500. The molecule has 1 aromatic rings. The summed E-state index contributed by atoms with van der Waals surface area (Å²) in [5.74, 6) is 0. The summed E-state index contributed by atoms with van der Waals surface area (Å²) in [6.45, 7) is 5.29. The van der Waals surface area contributed by atoms with Crippen molar-refractivity contribution in [3.8, 4) is 0 Å². The monoisotopic (exact) mass is 281 g/mol. The van der Waals surface area contributed by atoms with E-state index in [1.807, 2.05) is 38.1 Å². The number of para-hydroxylation sites is 1. The Hall–Kier alpha value is -1.63. The number of benzene rings is 1. The van der Waals surface area contributed by atoms with E-state index in [1.54, 1.807) is 0 Å². The quantitative estimate of drug-likeness (QED) is 0.705. The third-order valence-electron chi connectivity index (χ3n) is 2.81. The van der Waals surface area contributed by atoms with Crippen LogP contribution >= 0.6 is 0 Å². The molecule has 0 bridgehead atoms. The highest BCUT2D eigenvalue weighted by atomic mass is 16.7. The number of urea groups is 1. The van der Waals surface area contributed by atoms with Crippen molar-refractivity contribution < 1.29 is 14.3 Å². The third kappa shape index (κ3) is 4.48. The molecular formula is C14H23N3O3. The molecule has 0 fully saturated rings. The number of nitrogens with two attached hydrogens (primary N) is 2. The van der Waals surface area contributed by atoms with Gasteiger partial charge in [0.15, 0.2) is 6.29 Å². The van der Waals surface area contributed by atoms with Crippen LogP contribution in [0.1, 0.15) is 19.4 Å². The first-order valence-corrected chi connectivity index (χ1v) is 6.72. The topological polar surface area (TPSA) is 90.8 Å². The lowest BCUT2D eigenvalue weighted by Gasteiger charge is -2.27. The predicted octanol–water partition coefficient (Wildman–Crippen LogP) is 1.43. The number of ether oxygens (including phenoxy) is 2. The summed E-state index contributed by atoms with van der Waals surface area (Å²) in [5.41, 5.74) is 12.7. The van der Waals surface area contributed by atoms with Crippen LogP contribution in [-0.2, 0) is 16.0 Å². The lowest BCUT2D eigenvalue weighted by Crippen LogP contribution is -2.43. The molecule has 0 aliphatic heterocycles. The zero-order chi connectivity index (χ0) is 15.0. The Kier molecular flexibility index (Phi) is 7.00. The van der Waals surface area contributed by atoms with Crippen molar-refractivity contribution in [2.24, 2.45) is 11.5 Å². The van der Waals surface area contributed by atoms with Crippen LogP contribution in [0.5, 0.6) is 0 Å². The second-order valence-electron chi connectivity index (χ2n) is 4.12. The van der Waals surface area contributed by atoms with Crippen molar-refractivity contribution >= 4 is 11.7 Å². The van der Waals surface area contributed by atoms with Gasteiger partial charge in [-0.1, -0.05) is 18.2 Å². The third-order valence-corrected chi connectivity index (χ3v) is 2.81. The van der Waals surface area contributed by atoms with Crippen molar-refractivity contribution in [1.82, 2.24) is 0 Å². The number of anilines is 1. The Bertz CT molecular complexity index is 420. The van der Waals surface area contributed by atoms with Crippen LogP contribution in [0.15, 0.2) is 24.3 Å². The summed E-state index contributed by atoms with van der Waals surface area (Å²) in [6.07, 6.45) is -0.511. The SMILES string of the molecule is CCOC(CN(C(N)=O)c1ccccc1CN)OCC. The van der Waals surface area contributed by atoms with Crippen LogP contribution in [0.3, 0.4) is 0 Å². The maximum atomic E-state index is 11.7. The largest absolute Gasteiger partial charge is 0.351 e. The van der Waals surface area contributed by atoms with Crippen molar-refractivity contribution in [2.75, 3.05) is 24.7 Å². The highest BCUT2D eigenvalue weighted by Gasteiger charge is 2.21. The van der Waals surface area contributed by atoms with Crippen molar-refractivity contribution in [1.29, 1.82) is 0 Å². The molecule has 1 aromatic carbocycles. The zero-order valence-electron chi connectivity index (χ0n) is 12.0. The summed E-state index contributed by atoms with van der Waals surface area (Å²) >= 11 is 0. The van der Waals surface area contributed by atoms with Gasteiger partial charge in [0, 0.05) is 19.8 Å². The highest BCUT2D eigenvalue weighted by Crippen LogP contribution is 2.20. The number of primary amides is 1. The molecule has 0 aliphatic carbocycles. The van der Waals surface area contributed by atoms with E-state index in [9.17, 15) is 4.79 Å². The van der Waals surface area contributed by atoms with Gasteiger partial charge in [0.2, 0.25) is 0 Å². The van der Waals surface area contributed by atoms with Crippen molar-refractivity contribution in [2.45, 2.75) is 26.7 Å². The second-order valence-corrected chi connectivity index (χ2v) is 4.12. The van der Waals surface area contributed by atoms with Crippen molar-refractivity contribution in [3.05, 3.63) is 29.8 Å². The zero-order valence-corrected chi connectivity index (χ0v) is 12.0. The summed E-state index contributed by atoms with van der Waals surface area (Å²) in [4.78, 5) is 13.1. The number of rotatable bonds is 8. The summed E-state index contributed by atoms with van der Waals surface area (Å²) in [7, 11) is 0. The van der Waals surface area contributed by atoms with E-state index in [-0.39, 0.29) is 6.54 Å². The molecule has 4 N–H and O–H groups in total. The standard InChI is InChI=1S/C14H23N3O3/c1-3-19-13(20-4-2)10-17(14(16)18)12-8-6-5-7-11(12)9-15/h5-8,13H,3-4,9-10,15H2,1-2H3,(H2,16,18). The number of hydrogen-bond acceptors (Lipinski definition) is 4. The molecule has 0 radical (unpaired) electrons. The summed E-state index contributed by atoms with van der Waals surface area (Å²) < 4.78 is 10.9. The van der Waals surface area contributed by atoms with Crippen molar-refractivity contribution in [3.63, 3.8) is 0 Å². The van der Waals surface area contributed by atoms with Gasteiger partial charge in [-0.15, -0.1) is 0 Å². The first-order chi connectivity index (χ1) is 9.63. The number of carbonyl (C=O) groups is 1. The number of carbonyl (C=O) groups excluding carboxylic acids is 1. The molecule has 0 atom stereocenters. The summed E-state index contributed by atoms with van der Waals surface area (Å²) in [6, 6.07) is 6.81. The van der Waals surface area contributed by atoms with Crippen LogP contribution in [0.4, 0.5) is 10.5 Å². The predicted molar refractivity (Wildman–Crippen MR) is 78.3 cm³/mol. The van der Waals surface area contributed by atoms with Crippen LogP contribution in [0.25, 0.3) is 0 Å². The lowest BCUT2D eigenvalue weighted by atomic mass is 10.1. The van der Waals surface area contributed by atoms with E-state index in [0.717, 1.165) is 5.56 Å². The maximum Gasteiger partial charge on any atom is 0.319 e. The normalized spacial score (nSPS) is 10.8. The molecule has 6 nitrogen and oxygen atoms in total. The maximum absolute atomic E-state index is 11.7. The van der Waals surface area contributed by atoms with Gasteiger partial charge in [-0.2, -0.15) is 0 Å². The van der Waals surface area contributed by atoms with E-state index in [0.29, 0.717) is 25.4 Å². The Morgan fingerprint density at radius 1 is 1.25 bits per heavy atom. The summed E-state index contributed by atoms with van der Waals surface area (Å²) in [5, 5.41) is 0. The molecule has 2 amide bonds. The van der Waals surface area contributed by atoms with Gasteiger partial charge in [0.05, 0.1) is 12.2 Å². The van der Waals surface area contributed by atoms with Gasteiger partial charge in [-0.25, -0.2) is 4.79 Å². The van der Waals surface area contributed by atoms with Gasteiger partial charge in [-0.05, 0) is 25.5 Å². The van der Waals surface area contributed by atoms with E-state index in [2.05, 4.69) is 0 Å². The molecule has 0 heterocycles. The molecule has 0 saturated carbocycles. The Labute approximate surface area is 119 Å². The minimum Gasteiger partial charge on any atom is -0.351 e. The highest BCUT2D eigenvalue weighted by molar-refractivity contribution is 5.91. The van der Waals surface area contributed by atoms with E-state index < -0.39 is 12.3 Å². The van der Waals surface area contributed by atoms with Gasteiger partial charge < -0.3 is 20.9 Å². The average Bonchev–Trinajstić information content (AvgIpc) is 2.44. The molecule has 0 unspecified atom stereocenters. The first-order valence-electron chi connectivity index (χ1n) is 6.72. The molecule has 0 aliphatic rings. The molecule has 112 valence electrons. The minimum atomic E-state index is -0.560. The van der Waals surface area contributed by atoms with Gasteiger partial charge >= 0.3 is 6.03 Å². The average molecular weight is 281 g/mol. The fourth-order valence-corrected chi connectivity index (χ4v) is 1.93. The molecule has 20 heavy (non-hydrogen) atoms. The minimum absolute atomic E-state index is 0.230. The molecule has 0 aromatic heterocycles. The Morgan fingerprint density at radius 2 is 1.85 bits per heavy atom. The molecule has 0 spiro atoms. The molecular weight excluding hydrogens is 258 g/mol. The fourth-order valence-electron chi connectivity index (χ4n) is 1.93. The second kappa shape index (κ2) is 8.52. The van der Waals surface area contributed by atoms with Gasteiger partial charge in [-0.3, -0.25) is 4.90 Å². The molecule has 6 heteroatoms.